The highest BCUT2D eigenvalue weighted by Gasteiger charge is 2.09. The normalized spacial score (nSPS) is 8.88. The molecule has 0 unspecified atom stereocenters. The molecule has 1 aromatic rings. The molecule has 1 aromatic heterocycles. The number of hydrogen-bond acceptors (Lipinski definition) is 2. The summed E-state index contributed by atoms with van der Waals surface area (Å²) in [6.07, 6.45) is 5.03. The zero-order valence-corrected chi connectivity index (χ0v) is 11.0. The van der Waals surface area contributed by atoms with E-state index in [-0.39, 0.29) is 23.1 Å². The van der Waals surface area contributed by atoms with E-state index in [2.05, 4.69) is 6.58 Å². The molecule has 88 valence electrons. The predicted molar refractivity (Wildman–Crippen MR) is 56.5 cm³/mol. The van der Waals surface area contributed by atoms with Crippen molar-refractivity contribution >= 4 is 6.09 Å². The highest BCUT2D eigenvalue weighted by molar-refractivity contribution is 5.69. The number of carbonyl (C=O) groups excluding carboxylic acids is 1. The van der Waals surface area contributed by atoms with Gasteiger partial charge in [0.2, 0.25) is 6.20 Å². The second-order valence-electron chi connectivity index (χ2n) is 3.29. The molecular formula is C11H15BrN2O2. The fourth-order valence-electron chi connectivity index (χ4n) is 1.01. The zero-order valence-electron chi connectivity index (χ0n) is 9.39. The Kier molecular flexibility index (Phi) is 6.41. The molecule has 0 aliphatic rings. The Bertz CT molecular complexity index is 367. The topological polar surface area (TPSA) is 33.4 Å². The van der Waals surface area contributed by atoms with E-state index in [1.807, 2.05) is 16.8 Å². The SMILES string of the molecule is C=CC[n+]1cccc(OC(=O)N(C)C)c1.[Br-]. The number of rotatable bonds is 3. The van der Waals surface area contributed by atoms with Gasteiger partial charge in [0.05, 0.1) is 0 Å². The Morgan fingerprint density at radius 3 is 2.88 bits per heavy atom. The van der Waals surface area contributed by atoms with Gasteiger partial charge in [-0.2, -0.15) is 4.57 Å². The lowest BCUT2D eigenvalue weighted by atomic mass is 10.4. The lowest BCUT2D eigenvalue weighted by Gasteiger charge is -2.09. The first kappa shape index (κ1) is 14.6. The lowest BCUT2D eigenvalue weighted by Crippen LogP contribution is -3.00. The van der Waals surface area contributed by atoms with Crippen LogP contribution >= 0.6 is 0 Å². The van der Waals surface area contributed by atoms with E-state index >= 15 is 0 Å². The van der Waals surface area contributed by atoms with Crippen molar-refractivity contribution < 1.29 is 31.1 Å². The van der Waals surface area contributed by atoms with Crippen LogP contribution in [0.15, 0.2) is 37.2 Å². The van der Waals surface area contributed by atoms with Crippen LogP contribution in [-0.4, -0.2) is 25.1 Å². The van der Waals surface area contributed by atoms with E-state index in [4.69, 9.17) is 4.74 Å². The first-order valence-electron chi connectivity index (χ1n) is 4.62. The molecular weight excluding hydrogens is 272 g/mol. The van der Waals surface area contributed by atoms with Gasteiger partial charge in [0.15, 0.2) is 18.5 Å². The van der Waals surface area contributed by atoms with Crippen LogP contribution in [-0.2, 0) is 6.54 Å². The van der Waals surface area contributed by atoms with Crippen LogP contribution in [0.5, 0.6) is 5.75 Å². The minimum atomic E-state index is -0.383. The molecule has 16 heavy (non-hydrogen) atoms. The summed E-state index contributed by atoms with van der Waals surface area (Å²) in [5.74, 6) is 0.526. The van der Waals surface area contributed by atoms with Gasteiger partial charge in [0.1, 0.15) is 0 Å². The van der Waals surface area contributed by atoms with Crippen molar-refractivity contribution in [2.75, 3.05) is 14.1 Å². The van der Waals surface area contributed by atoms with Gasteiger partial charge in [-0.3, -0.25) is 0 Å². The maximum Gasteiger partial charge on any atom is 0.414 e. The average molecular weight is 287 g/mol. The van der Waals surface area contributed by atoms with E-state index in [0.29, 0.717) is 12.3 Å². The van der Waals surface area contributed by atoms with Crippen molar-refractivity contribution in [3.05, 3.63) is 37.2 Å². The number of aromatic nitrogens is 1. The Morgan fingerprint density at radius 2 is 2.31 bits per heavy atom. The van der Waals surface area contributed by atoms with E-state index in [1.165, 1.54) is 4.90 Å². The van der Waals surface area contributed by atoms with Crippen LogP contribution in [0.3, 0.4) is 0 Å². The van der Waals surface area contributed by atoms with Crippen LogP contribution in [0, 0.1) is 0 Å². The van der Waals surface area contributed by atoms with Crippen molar-refractivity contribution in [2.24, 2.45) is 0 Å². The molecule has 0 aliphatic heterocycles. The molecule has 0 atom stereocenters. The van der Waals surface area contributed by atoms with E-state index in [0.717, 1.165) is 0 Å². The van der Waals surface area contributed by atoms with E-state index in [1.54, 1.807) is 32.4 Å². The first-order valence-corrected chi connectivity index (χ1v) is 4.62. The summed E-state index contributed by atoms with van der Waals surface area (Å²) in [4.78, 5) is 12.6. The zero-order chi connectivity index (χ0) is 11.3. The summed E-state index contributed by atoms with van der Waals surface area (Å²) in [7, 11) is 3.28. The smallest absolute Gasteiger partial charge is 0.414 e. The lowest BCUT2D eigenvalue weighted by molar-refractivity contribution is -0.687. The molecule has 1 rings (SSSR count). The van der Waals surface area contributed by atoms with Gasteiger partial charge in [-0.1, -0.05) is 6.58 Å². The number of carbonyl (C=O) groups is 1. The summed E-state index contributed by atoms with van der Waals surface area (Å²) in [6, 6.07) is 3.56. The molecule has 0 saturated heterocycles. The first-order chi connectivity index (χ1) is 7.13. The Morgan fingerprint density at radius 1 is 1.62 bits per heavy atom. The van der Waals surface area contributed by atoms with Gasteiger partial charge in [0, 0.05) is 20.2 Å². The van der Waals surface area contributed by atoms with Crippen molar-refractivity contribution in [2.45, 2.75) is 6.54 Å². The summed E-state index contributed by atoms with van der Waals surface area (Å²) in [5, 5.41) is 0. The molecule has 0 bridgehead atoms. The highest BCUT2D eigenvalue weighted by Crippen LogP contribution is 2.06. The molecule has 1 amide bonds. The number of halogens is 1. The number of allylic oxidation sites excluding steroid dienone is 1. The molecule has 0 aromatic carbocycles. The van der Waals surface area contributed by atoms with Gasteiger partial charge in [-0.25, -0.2) is 4.79 Å². The average Bonchev–Trinajstić information content (AvgIpc) is 2.18. The van der Waals surface area contributed by atoms with Gasteiger partial charge in [-0.15, -0.1) is 0 Å². The molecule has 0 radical (unpaired) electrons. The largest absolute Gasteiger partial charge is 1.00 e. The number of hydrogen-bond donors (Lipinski definition) is 0. The Hall–Kier alpha value is -1.36. The number of amides is 1. The van der Waals surface area contributed by atoms with Crippen molar-refractivity contribution in [1.29, 1.82) is 0 Å². The maximum absolute atomic E-state index is 11.3. The van der Waals surface area contributed by atoms with Crippen LogP contribution in [0.1, 0.15) is 0 Å². The molecule has 0 N–H and O–H groups in total. The highest BCUT2D eigenvalue weighted by atomic mass is 79.9. The van der Waals surface area contributed by atoms with Crippen molar-refractivity contribution in [3.63, 3.8) is 0 Å². The third kappa shape index (κ3) is 4.44. The van der Waals surface area contributed by atoms with E-state index in [9.17, 15) is 4.79 Å². The molecule has 4 nitrogen and oxygen atoms in total. The van der Waals surface area contributed by atoms with Crippen LogP contribution in [0.25, 0.3) is 0 Å². The third-order valence-electron chi connectivity index (χ3n) is 1.74. The molecule has 0 fully saturated rings. The van der Waals surface area contributed by atoms with E-state index < -0.39 is 0 Å². The molecule has 0 aliphatic carbocycles. The fourth-order valence-corrected chi connectivity index (χ4v) is 1.01. The monoisotopic (exact) mass is 286 g/mol. The molecule has 5 heteroatoms. The quantitative estimate of drug-likeness (QED) is 0.487. The van der Waals surface area contributed by atoms with Crippen LogP contribution in [0.2, 0.25) is 0 Å². The summed E-state index contributed by atoms with van der Waals surface area (Å²) < 4.78 is 6.97. The van der Waals surface area contributed by atoms with Crippen LogP contribution in [0.4, 0.5) is 4.79 Å². The molecule has 0 spiro atoms. The van der Waals surface area contributed by atoms with Gasteiger partial charge in [0.25, 0.3) is 0 Å². The maximum atomic E-state index is 11.3. The minimum absolute atomic E-state index is 0. The van der Waals surface area contributed by atoms with Gasteiger partial charge < -0.3 is 26.6 Å². The second-order valence-corrected chi connectivity index (χ2v) is 3.29. The Balaban J connectivity index is 0.00000225. The minimum Gasteiger partial charge on any atom is -1.00 e. The third-order valence-corrected chi connectivity index (χ3v) is 1.74. The number of pyridine rings is 1. The van der Waals surface area contributed by atoms with Crippen LogP contribution < -0.4 is 26.3 Å². The van der Waals surface area contributed by atoms with Gasteiger partial charge >= 0.3 is 6.09 Å². The van der Waals surface area contributed by atoms with Crippen molar-refractivity contribution in [1.82, 2.24) is 4.90 Å². The fraction of sp³-hybridized carbons (Fsp3) is 0.273. The molecule has 1 heterocycles. The van der Waals surface area contributed by atoms with Crippen molar-refractivity contribution in [3.8, 4) is 5.75 Å². The molecule has 0 saturated carbocycles. The number of nitrogens with zero attached hydrogens (tertiary/aromatic N) is 2. The standard InChI is InChI=1S/C11H15N2O2.BrH/c1-4-7-13-8-5-6-10(9-13)15-11(14)12(2)3;/h4-6,8-9H,1,7H2,2-3H3;1H/q+1;/p-1. The predicted octanol–water partition coefficient (Wildman–Crippen LogP) is -1.78. The summed E-state index contributed by atoms with van der Waals surface area (Å²) >= 11 is 0. The Labute approximate surface area is 106 Å². The van der Waals surface area contributed by atoms with Gasteiger partial charge in [-0.05, 0) is 12.1 Å². The summed E-state index contributed by atoms with van der Waals surface area (Å²) in [5.41, 5.74) is 0. The number of ether oxygens (including phenoxy) is 1. The summed E-state index contributed by atoms with van der Waals surface area (Å²) in [6.45, 7) is 4.33. The second kappa shape index (κ2) is 7.00.